The lowest BCUT2D eigenvalue weighted by Gasteiger charge is -2.04. The number of hydrogen-bond donors (Lipinski definition) is 0. The van der Waals surface area contributed by atoms with Crippen molar-refractivity contribution in [2.45, 2.75) is 18.7 Å². The minimum absolute atomic E-state index is 0.782. The summed E-state index contributed by atoms with van der Waals surface area (Å²) in [6.07, 6.45) is 1.97. The molecule has 4 aromatic rings. The lowest BCUT2D eigenvalue weighted by atomic mass is 10.0. The van der Waals surface area contributed by atoms with Gasteiger partial charge in [-0.15, -0.1) is 0 Å². The molecule has 0 radical (unpaired) electrons. The fourth-order valence-electron chi connectivity index (χ4n) is 2.94. The third-order valence-corrected chi connectivity index (χ3v) is 5.54. The van der Waals surface area contributed by atoms with Gasteiger partial charge in [0, 0.05) is 17.1 Å². The highest BCUT2D eigenvalue weighted by atomic mass is 32.2. The molecule has 0 aliphatic rings. The van der Waals surface area contributed by atoms with E-state index in [4.69, 9.17) is 4.74 Å². The Kier molecular flexibility index (Phi) is 6.09. The molecule has 4 heteroatoms. The number of nitrogens with zero attached hydrogens (tertiary/aromatic N) is 1. The summed E-state index contributed by atoms with van der Waals surface area (Å²) in [4.78, 5) is 0.782. The van der Waals surface area contributed by atoms with Crippen LogP contribution in [0.1, 0.15) is 13.8 Å². The molecule has 1 aromatic heterocycles. The lowest BCUT2D eigenvalue weighted by molar-refractivity contribution is 0.415. The Morgan fingerprint density at radius 1 is 0.815 bits per heavy atom. The predicted octanol–water partition coefficient (Wildman–Crippen LogP) is 5.91. The molecular weight excluding hydrogens is 354 g/mol. The summed E-state index contributed by atoms with van der Waals surface area (Å²) in [7, 11) is 0.368. The van der Waals surface area contributed by atoms with Gasteiger partial charge < -0.3 is 4.74 Å². The maximum atomic E-state index is 13.1. The van der Waals surface area contributed by atoms with Gasteiger partial charge in [0.1, 0.15) is 5.75 Å². The first-order chi connectivity index (χ1) is 13.3. The standard InChI is InChI=1S/C21H17NO2S.C2H6/c1-24-17-13-11-16(12-14-17)20-15-22(21-10-6-5-9-19(20)21)25(23)18-7-3-2-4-8-18;1-2/h2-15H,1H3;1-2H3. The van der Waals surface area contributed by atoms with Crippen molar-refractivity contribution in [3.63, 3.8) is 0 Å². The Labute approximate surface area is 162 Å². The van der Waals surface area contributed by atoms with E-state index in [1.807, 2.05) is 96.8 Å². The van der Waals surface area contributed by atoms with Gasteiger partial charge in [0.25, 0.3) is 0 Å². The molecule has 138 valence electrons. The molecule has 1 atom stereocenters. The molecule has 4 rings (SSSR count). The van der Waals surface area contributed by atoms with E-state index in [9.17, 15) is 4.21 Å². The zero-order chi connectivity index (χ0) is 19.2. The molecule has 3 nitrogen and oxygen atoms in total. The maximum absolute atomic E-state index is 13.1. The summed E-state index contributed by atoms with van der Waals surface area (Å²) in [5.74, 6) is 0.820. The van der Waals surface area contributed by atoms with Gasteiger partial charge in [-0.25, -0.2) is 4.21 Å². The molecule has 0 bridgehead atoms. The number of ether oxygens (including phenoxy) is 1. The van der Waals surface area contributed by atoms with Crippen molar-refractivity contribution in [1.29, 1.82) is 0 Å². The van der Waals surface area contributed by atoms with E-state index in [0.29, 0.717) is 0 Å². The molecule has 0 saturated carbocycles. The number of hydrogen-bond acceptors (Lipinski definition) is 2. The fraction of sp³-hybridized carbons (Fsp3) is 0.130. The van der Waals surface area contributed by atoms with Gasteiger partial charge >= 0.3 is 0 Å². The van der Waals surface area contributed by atoms with Crippen molar-refractivity contribution >= 4 is 21.9 Å². The van der Waals surface area contributed by atoms with Crippen LogP contribution in [-0.4, -0.2) is 15.3 Å². The van der Waals surface area contributed by atoms with Crippen LogP contribution in [0.15, 0.2) is 90.0 Å². The Morgan fingerprint density at radius 2 is 1.44 bits per heavy atom. The normalized spacial score (nSPS) is 11.5. The first kappa shape index (κ1) is 18.9. The van der Waals surface area contributed by atoms with Crippen LogP contribution in [0.3, 0.4) is 0 Å². The molecule has 1 unspecified atom stereocenters. The number of benzene rings is 3. The summed E-state index contributed by atoms with van der Waals surface area (Å²) in [6.45, 7) is 4.00. The first-order valence-corrected chi connectivity index (χ1v) is 10.1. The van der Waals surface area contributed by atoms with E-state index >= 15 is 0 Å². The van der Waals surface area contributed by atoms with Gasteiger partial charge in [-0.3, -0.25) is 3.97 Å². The van der Waals surface area contributed by atoms with Crippen molar-refractivity contribution in [1.82, 2.24) is 3.97 Å². The van der Waals surface area contributed by atoms with Crippen molar-refractivity contribution in [2.24, 2.45) is 0 Å². The summed E-state index contributed by atoms with van der Waals surface area (Å²) in [5.41, 5.74) is 3.08. The molecule has 0 amide bonds. The number of methoxy groups -OCH3 is 1. The van der Waals surface area contributed by atoms with E-state index in [0.717, 1.165) is 32.7 Å². The van der Waals surface area contributed by atoms with E-state index < -0.39 is 11.0 Å². The Balaban J connectivity index is 0.00000102. The Hall–Kier alpha value is -2.85. The molecule has 0 spiro atoms. The number of para-hydroxylation sites is 1. The predicted molar refractivity (Wildman–Crippen MR) is 114 cm³/mol. The largest absolute Gasteiger partial charge is 0.497 e. The second kappa shape index (κ2) is 8.69. The summed E-state index contributed by atoms with van der Waals surface area (Å²) < 4.78 is 20.1. The zero-order valence-corrected chi connectivity index (χ0v) is 16.6. The summed E-state index contributed by atoms with van der Waals surface area (Å²) >= 11 is 0. The van der Waals surface area contributed by atoms with Crippen LogP contribution in [0.5, 0.6) is 5.75 Å². The molecule has 0 saturated heterocycles. The smallest absolute Gasteiger partial charge is 0.157 e. The molecule has 3 aromatic carbocycles. The van der Waals surface area contributed by atoms with Crippen LogP contribution < -0.4 is 4.74 Å². The average Bonchev–Trinajstić information content (AvgIpc) is 3.15. The number of fused-ring (bicyclic) bond motifs is 1. The first-order valence-electron chi connectivity index (χ1n) is 9.00. The second-order valence-corrected chi connectivity index (χ2v) is 7.04. The van der Waals surface area contributed by atoms with Crippen LogP contribution in [0.2, 0.25) is 0 Å². The highest BCUT2D eigenvalue weighted by Crippen LogP contribution is 2.32. The zero-order valence-electron chi connectivity index (χ0n) is 15.8. The van der Waals surface area contributed by atoms with E-state index in [-0.39, 0.29) is 0 Å². The van der Waals surface area contributed by atoms with Crippen molar-refractivity contribution in [3.8, 4) is 16.9 Å². The van der Waals surface area contributed by atoms with Gasteiger partial charge in [0.15, 0.2) is 11.0 Å². The second-order valence-electron chi connectivity index (χ2n) is 5.68. The third kappa shape index (κ3) is 3.81. The third-order valence-electron chi connectivity index (χ3n) is 4.20. The fourth-order valence-corrected chi connectivity index (χ4v) is 4.09. The topological polar surface area (TPSA) is 31.2 Å². The highest BCUT2D eigenvalue weighted by molar-refractivity contribution is 7.83. The average molecular weight is 378 g/mol. The maximum Gasteiger partial charge on any atom is 0.157 e. The lowest BCUT2D eigenvalue weighted by Crippen LogP contribution is -2.02. The number of rotatable bonds is 4. The molecule has 0 aliphatic carbocycles. The molecule has 0 aliphatic heterocycles. The summed E-state index contributed by atoms with van der Waals surface area (Å²) in [6, 6.07) is 25.5. The monoisotopic (exact) mass is 377 g/mol. The van der Waals surface area contributed by atoms with Crippen molar-refractivity contribution in [2.75, 3.05) is 7.11 Å². The van der Waals surface area contributed by atoms with Crippen molar-refractivity contribution < 1.29 is 8.95 Å². The highest BCUT2D eigenvalue weighted by Gasteiger charge is 2.15. The van der Waals surface area contributed by atoms with Crippen molar-refractivity contribution in [3.05, 3.63) is 85.1 Å². The van der Waals surface area contributed by atoms with Crippen LogP contribution in [0.25, 0.3) is 22.0 Å². The molecule has 1 heterocycles. The van der Waals surface area contributed by atoms with E-state index in [1.165, 1.54) is 0 Å². The van der Waals surface area contributed by atoms with Gasteiger partial charge in [-0.1, -0.05) is 62.4 Å². The molecular formula is C23H23NO2S. The van der Waals surface area contributed by atoms with Gasteiger partial charge in [0.05, 0.1) is 17.5 Å². The summed E-state index contributed by atoms with van der Waals surface area (Å²) in [5, 5.41) is 1.08. The van der Waals surface area contributed by atoms with Crippen LogP contribution in [0.4, 0.5) is 0 Å². The van der Waals surface area contributed by atoms with Gasteiger partial charge in [-0.05, 0) is 35.9 Å². The van der Waals surface area contributed by atoms with Gasteiger partial charge in [0.2, 0.25) is 0 Å². The molecule has 0 N–H and O–H groups in total. The molecule has 27 heavy (non-hydrogen) atoms. The minimum Gasteiger partial charge on any atom is -0.497 e. The van der Waals surface area contributed by atoms with Crippen LogP contribution in [-0.2, 0) is 11.0 Å². The van der Waals surface area contributed by atoms with E-state index in [2.05, 4.69) is 6.07 Å². The minimum atomic E-state index is -1.29. The SMILES string of the molecule is CC.COc1ccc(-c2cn(S(=O)c3ccccc3)c3ccccc23)cc1. The van der Waals surface area contributed by atoms with E-state index in [1.54, 1.807) is 7.11 Å². The Bertz CT molecular complexity index is 1040. The number of aromatic nitrogens is 1. The van der Waals surface area contributed by atoms with Gasteiger partial charge in [-0.2, -0.15) is 0 Å². The Morgan fingerprint density at radius 3 is 2.11 bits per heavy atom. The van der Waals surface area contributed by atoms with Crippen LogP contribution in [0, 0.1) is 0 Å². The molecule has 0 fully saturated rings. The van der Waals surface area contributed by atoms with Crippen LogP contribution >= 0.6 is 0 Å². The quantitative estimate of drug-likeness (QED) is 0.442.